The highest BCUT2D eigenvalue weighted by Gasteiger charge is 2.29. The fourth-order valence-corrected chi connectivity index (χ4v) is 3.46. The maximum Gasteiger partial charge on any atom is 0.258 e. The minimum atomic E-state index is -0.123. The summed E-state index contributed by atoms with van der Waals surface area (Å²) < 4.78 is 10.8. The Kier molecular flexibility index (Phi) is 6.77. The van der Waals surface area contributed by atoms with Crippen LogP contribution in [0.1, 0.15) is 31.4 Å². The fraction of sp³-hybridized carbons (Fsp3) is 0.348. The lowest BCUT2D eigenvalue weighted by Crippen LogP contribution is -2.16. The zero-order valence-corrected chi connectivity index (χ0v) is 17.5. The Morgan fingerprint density at radius 1 is 1.03 bits per heavy atom. The molecule has 0 fully saturated rings. The molecule has 6 nitrogen and oxygen atoms in total. The highest BCUT2D eigenvalue weighted by atomic mass is 16.5. The normalized spacial score (nSPS) is 14.3. The van der Waals surface area contributed by atoms with E-state index < -0.39 is 0 Å². The van der Waals surface area contributed by atoms with E-state index in [1.54, 1.807) is 20.3 Å². The minimum absolute atomic E-state index is 0.123. The monoisotopic (exact) mass is 395 g/mol. The van der Waals surface area contributed by atoms with E-state index in [0.717, 1.165) is 42.1 Å². The van der Waals surface area contributed by atoms with Crippen LogP contribution in [0.25, 0.3) is 5.57 Å². The number of rotatable bonds is 9. The van der Waals surface area contributed by atoms with Crippen LogP contribution >= 0.6 is 0 Å². The zero-order chi connectivity index (χ0) is 20.8. The van der Waals surface area contributed by atoms with Gasteiger partial charge in [0.25, 0.3) is 5.91 Å². The van der Waals surface area contributed by atoms with Crippen molar-refractivity contribution >= 4 is 22.9 Å². The predicted molar refractivity (Wildman–Crippen MR) is 118 cm³/mol. The third-order valence-corrected chi connectivity index (χ3v) is 5.01. The van der Waals surface area contributed by atoms with Crippen LogP contribution in [0.4, 0.5) is 11.4 Å². The standard InChI is InChI=1S/C23H29N3O3/c1-5-18(25-16-9-7-15(8-10-16)11-12-24-6-2)22-17-13-20(28-3)21(29-4)14-19(17)26-23(22)27/h7-10,13-14,24-25H,5-6,11-12H2,1-4H3,(H,26,27)/b22-18-. The lowest BCUT2D eigenvalue weighted by molar-refractivity contribution is -0.110. The molecule has 0 atom stereocenters. The van der Waals surface area contributed by atoms with E-state index in [0.29, 0.717) is 23.5 Å². The van der Waals surface area contributed by atoms with Crippen molar-refractivity contribution in [3.63, 3.8) is 0 Å². The number of hydrogen-bond acceptors (Lipinski definition) is 5. The third kappa shape index (κ3) is 4.54. The first-order valence-corrected chi connectivity index (χ1v) is 9.98. The van der Waals surface area contributed by atoms with Crippen LogP contribution in [0.2, 0.25) is 0 Å². The number of ether oxygens (including phenoxy) is 2. The molecule has 0 radical (unpaired) electrons. The van der Waals surface area contributed by atoms with E-state index in [4.69, 9.17) is 9.47 Å². The summed E-state index contributed by atoms with van der Waals surface area (Å²) in [5.74, 6) is 1.06. The molecule has 3 rings (SSSR count). The highest BCUT2D eigenvalue weighted by Crippen LogP contribution is 2.42. The highest BCUT2D eigenvalue weighted by molar-refractivity contribution is 6.32. The van der Waals surface area contributed by atoms with Crippen molar-refractivity contribution in [2.75, 3.05) is 37.9 Å². The van der Waals surface area contributed by atoms with Gasteiger partial charge in [-0.1, -0.05) is 26.0 Å². The van der Waals surface area contributed by atoms with E-state index in [-0.39, 0.29) is 5.91 Å². The molecular formula is C23H29N3O3. The molecule has 0 spiro atoms. The van der Waals surface area contributed by atoms with Crippen molar-refractivity contribution in [1.29, 1.82) is 0 Å². The number of methoxy groups -OCH3 is 2. The SMILES string of the molecule is CCNCCc1ccc(N/C(CC)=C2\C(=O)Nc3cc(OC)c(OC)cc32)cc1. The first kappa shape index (κ1) is 20.7. The number of benzene rings is 2. The molecule has 0 aromatic heterocycles. The molecule has 0 saturated heterocycles. The van der Waals surface area contributed by atoms with E-state index in [1.165, 1.54) is 5.56 Å². The van der Waals surface area contributed by atoms with Gasteiger partial charge in [0.05, 0.1) is 25.5 Å². The number of amides is 1. The largest absolute Gasteiger partial charge is 0.493 e. The molecule has 0 unspecified atom stereocenters. The summed E-state index contributed by atoms with van der Waals surface area (Å²) in [5, 5.41) is 9.70. The van der Waals surface area contributed by atoms with Gasteiger partial charge < -0.3 is 25.4 Å². The molecule has 2 aromatic carbocycles. The molecule has 6 heteroatoms. The third-order valence-electron chi connectivity index (χ3n) is 5.01. The van der Waals surface area contributed by atoms with Crippen molar-refractivity contribution in [3.05, 3.63) is 53.2 Å². The second kappa shape index (κ2) is 9.47. The predicted octanol–water partition coefficient (Wildman–Crippen LogP) is 4.04. The number of likely N-dealkylation sites (N-methyl/N-ethyl adjacent to an activating group) is 1. The molecule has 1 heterocycles. The van der Waals surface area contributed by atoms with Crippen molar-refractivity contribution in [2.24, 2.45) is 0 Å². The summed E-state index contributed by atoms with van der Waals surface area (Å²) >= 11 is 0. The number of fused-ring (bicyclic) bond motifs is 1. The molecule has 1 amide bonds. The number of hydrogen-bond donors (Lipinski definition) is 3. The van der Waals surface area contributed by atoms with Crippen LogP contribution in [-0.4, -0.2) is 33.2 Å². The lowest BCUT2D eigenvalue weighted by Gasteiger charge is -2.14. The quantitative estimate of drug-likeness (QED) is 0.441. The molecule has 154 valence electrons. The van der Waals surface area contributed by atoms with Gasteiger partial charge in [0, 0.05) is 23.0 Å². The topological polar surface area (TPSA) is 71.6 Å². The van der Waals surface area contributed by atoms with E-state index in [9.17, 15) is 4.79 Å². The van der Waals surface area contributed by atoms with Crippen molar-refractivity contribution < 1.29 is 14.3 Å². The Hall–Kier alpha value is -2.99. The van der Waals surface area contributed by atoms with Crippen LogP contribution in [0, 0.1) is 0 Å². The van der Waals surface area contributed by atoms with E-state index in [1.807, 2.05) is 13.0 Å². The smallest absolute Gasteiger partial charge is 0.258 e. The molecule has 0 saturated carbocycles. The van der Waals surface area contributed by atoms with Crippen molar-refractivity contribution in [2.45, 2.75) is 26.7 Å². The Morgan fingerprint density at radius 2 is 1.72 bits per heavy atom. The van der Waals surface area contributed by atoms with Crippen LogP contribution in [0.3, 0.4) is 0 Å². The van der Waals surface area contributed by atoms with Crippen LogP contribution < -0.4 is 25.4 Å². The summed E-state index contributed by atoms with van der Waals surface area (Å²) in [7, 11) is 3.17. The van der Waals surface area contributed by atoms with Gasteiger partial charge >= 0.3 is 0 Å². The molecule has 29 heavy (non-hydrogen) atoms. The van der Waals surface area contributed by atoms with Gasteiger partial charge in [-0.05, 0) is 49.7 Å². The Labute approximate surface area is 172 Å². The van der Waals surface area contributed by atoms with Gasteiger partial charge in [0.1, 0.15) is 0 Å². The molecule has 3 N–H and O–H groups in total. The second-order valence-electron chi connectivity index (χ2n) is 6.84. The van der Waals surface area contributed by atoms with Crippen LogP contribution in [0.15, 0.2) is 42.1 Å². The van der Waals surface area contributed by atoms with Crippen molar-refractivity contribution in [3.8, 4) is 11.5 Å². The Bertz CT molecular complexity index is 904. The number of allylic oxidation sites excluding steroid dienone is 1. The van der Waals surface area contributed by atoms with Gasteiger partial charge in [-0.15, -0.1) is 0 Å². The average molecular weight is 396 g/mol. The maximum absolute atomic E-state index is 12.7. The first-order valence-electron chi connectivity index (χ1n) is 9.98. The van der Waals surface area contributed by atoms with E-state index in [2.05, 4.69) is 47.1 Å². The Balaban J connectivity index is 1.88. The Morgan fingerprint density at radius 3 is 2.34 bits per heavy atom. The van der Waals surface area contributed by atoms with Crippen LogP contribution in [-0.2, 0) is 11.2 Å². The summed E-state index contributed by atoms with van der Waals surface area (Å²) in [5.41, 5.74) is 5.30. The number of carbonyl (C=O) groups excluding carboxylic acids is 1. The lowest BCUT2D eigenvalue weighted by atomic mass is 10.0. The molecule has 0 aliphatic carbocycles. The second-order valence-corrected chi connectivity index (χ2v) is 6.84. The molecule has 0 bridgehead atoms. The van der Waals surface area contributed by atoms with Gasteiger partial charge in [-0.2, -0.15) is 0 Å². The maximum atomic E-state index is 12.7. The summed E-state index contributed by atoms with van der Waals surface area (Å²) in [6, 6.07) is 12.0. The van der Waals surface area contributed by atoms with Gasteiger partial charge in [0.15, 0.2) is 11.5 Å². The molecule has 1 aliphatic heterocycles. The minimum Gasteiger partial charge on any atom is -0.493 e. The number of carbonyl (C=O) groups is 1. The summed E-state index contributed by atoms with van der Waals surface area (Å²) in [4.78, 5) is 12.7. The summed E-state index contributed by atoms with van der Waals surface area (Å²) in [6.07, 6.45) is 1.69. The van der Waals surface area contributed by atoms with Crippen LogP contribution in [0.5, 0.6) is 11.5 Å². The summed E-state index contributed by atoms with van der Waals surface area (Å²) in [6.45, 7) is 6.09. The average Bonchev–Trinajstić information content (AvgIpc) is 3.06. The number of nitrogens with one attached hydrogen (secondary N) is 3. The number of anilines is 2. The fourth-order valence-electron chi connectivity index (χ4n) is 3.46. The van der Waals surface area contributed by atoms with Crippen molar-refractivity contribution in [1.82, 2.24) is 5.32 Å². The molecule has 1 aliphatic rings. The van der Waals surface area contributed by atoms with E-state index >= 15 is 0 Å². The van der Waals surface area contributed by atoms with Gasteiger partial charge in [-0.3, -0.25) is 4.79 Å². The van der Waals surface area contributed by atoms with Gasteiger partial charge in [-0.25, -0.2) is 0 Å². The molecule has 2 aromatic rings. The molecular weight excluding hydrogens is 366 g/mol. The van der Waals surface area contributed by atoms with Gasteiger partial charge in [0.2, 0.25) is 0 Å². The first-order chi connectivity index (χ1) is 14.1. The zero-order valence-electron chi connectivity index (χ0n) is 17.5.